The third-order valence-corrected chi connectivity index (χ3v) is 4.60. The highest BCUT2D eigenvalue weighted by molar-refractivity contribution is 6.31. The fourth-order valence-electron chi connectivity index (χ4n) is 2.75. The molecule has 0 N–H and O–H groups in total. The molecule has 4 nitrogen and oxygen atoms in total. The van der Waals surface area contributed by atoms with Crippen LogP contribution in [0.4, 0.5) is 4.39 Å². The molecule has 3 aromatic rings. The molecule has 29 heavy (non-hydrogen) atoms. The first kappa shape index (κ1) is 18.9. The number of nitrogens with zero attached hydrogens (tertiary/aromatic N) is 1. The Morgan fingerprint density at radius 3 is 2.59 bits per heavy atom. The van der Waals surface area contributed by atoms with E-state index in [9.17, 15) is 9.18 Å². The highest BCUT2D eigenvalue weighted by Crippen LogP contribution is 2.22. The summed E-state index contributed by atoms with van der Waals surface area (Å²) >= 11 is 6.12. The fraction of sp³-hybridized carbons (Fsp3) is 0.0435. The number of rotatable bonds is 5. The van der Waals surface area contributed by atoms with Crippen molar-refractivity contribution in [2.45, 2.75) is 6.61 Å². The summed E-state index contributed by atoms with van der Waals surface area (Å²) in [5.74, 6) is -0.250. The van der Waals surface area contributed by atoms with Crippen LogP contribution in [0.3, 0.4) is 0 Å². The van der Waals surface area contributed by atoms with Crippen LogP contribution in [-0.4, -0.2) is 11.9 Å². The predicted molar refractivity (Wildman–Crippen MR) is 109 cm³/mol. The van der Waals surface area contributed by atoms with Crippen molar-refractivity contribution in [1.82, 2.24) is 0 Å². The Morgan fingerprint density at radius 1 is 1.03 bits per heavy atom. The molecule has 0 bridgehead atoms. The molecule has 0 amide bonds. The van der Waals surface area contributed by atoms with Crippen molar-refractivity contribution in [2.75, 3.05) is 0 Å². The summed E-state index contributed by atoms with van der Waals surface area (Å²) in [5.41, 5.74) is 2.21. The van der Waals surface area contributed by atoms with E-state index in [1.807, 2.05) is 24.3 Å². The molecule has 6 heteroatoms. The zero-order chi connectivity index (χ0) is 20.2. The third-order valence-electron chi connectivity index (χ3n) is 4.23. The summed E-state index contributed by atoms with van der Waals surface area (Å²) in [5, 5.41) is 0.653. The molecule has 0 fully saturated rings. The van der Waals surface area contributed by atoms with E-state index < -0.39 is 11.8 Å². The summed E-state index contributed by atoms with van der Waals surface area (Å²) < 4.78 is 24.3. The van der Waals surface area contributed by atoms with Crippen LogP contribution >= 0.6 is 11.6 Å². The second-order valence-electron chi connectivity index (χ2n) is 6.30. The minimum atomic E-state index is -0.580. The number of halogens is 2. The van der Waals surface area contributed by atoms with Gasteiger partial charge in [-0.2, -0.15) is 0 Å². The molecule has 1 aliphatic rings. The molecule has 0 unspecified atom stereocenters. The SMILES string of the molecule is O=C1OC(c2cccc(F)c2)=N/C1=C/c1ccc(OCc2ccccc2Cl)cc1. The van der Waals surface area contributed by atoms with Gasteiger partial charge >= 0.3 is 5.97 Å². The molecule has 0 saturated heterocycles. The number of aliphatic imine (C=N–C) groups is 1. The molecule has 1 aliphatic heterocycles. The van der Waals surface area contributed by atoms with E-state index in [2.05, 4.69) is 4.99 Å². The van der Waals surface area contributed by atoms with E-state index >= 15 is 0 Å². The quantitative estimate of drug-likeness (QED) is 0.420. The predicted octanol–water partition coefficient (Wildman–Crippen LogP) is 5.40. The van der Waals surface area contributed by atoms with E-state index in [1.54, 1.807) is 36.4 Å². The number of carbonyl (C=O) groups excluding carboxylic acids is 1. The van der Waals surface area contributed by atoms with Crippen molar-refractivity contribution in [2.24, 2.45) is 4.99 Å². The highest BCUT2D eigenvalue weighted by Gasteiger charge is 2.24. The molecule has 0 aromatic heterocycles. The van der Waals surface area contributed by atoms with Crippen molar-refractivity contribution in [3.63, 3.8) is 0 Å². The number of hydrogen-bond donors (Lipinski definition) is 0. The number of hydrogen-bond acceptors (Lipinski definition) is 4. The van der Waals surface area contributed by atoms with E-state index in [4.69, 9.17) is 21.1 Å². The van der Waals surface area contributed by atoms with Crippen LogP contribution in [0.15, 0.2) is 83.5 Å². The minimum absolute atomic E-state index is 0.0837. The van der Waals surface area contributed by atoms with Gasteiger partial charge in [-0.05, 0) is 48.0 Å². The van der Waals surface area contributed by atoms with Gasteiger partial charge < -0.3 is 9.47 Å². The van der Waals surface area contributed by atoms with E-state index in [0.717, 1.165) is 11.1 Å². The normalized spacial score (nSPS) is 14.6. The Bertz CT molecular complexity index is 1120. The minimum Gasteiger partial charge on any atom is -0.489 e. The van der Waals surface area contributed by atoms with Crippen LogP contribution in [0.25, 0.3) is 6.08 Å². The molecule has 0 atom stereocenters. The zero-order valence-electron chi connectivity index (χ0n) is 15.1. The first-order valence-electron chi connectivity index (χ1n) is 8.83. The third kappa shape index (κ3) is 4.52. The fourth-order valence-corrected chi connectivity index (χ4v) is 2.94. The van der Waals surface area contributed by atoms with Crippen LogP contribution in [-0.2, 0) is 16.1 Å². The zero-order valence-corrected chi connectivity index (χ0v) is 15.9. The molecule has 0 saturated carbocycles. The van der Waals surface area contributed by atoms with Gasteiger partial charge in [0.1, 0.15) is 18.2 Å². The maximum atomic E-state index is 13.4. The monoisotopic (exact) mass is 407 g/mol. The summed E-state index contributed by atoms with van der Waals surface area (Å²) in [7, 11) is 0. The summed E-state index contributed by atoms with van der Waals surface area (Å²) in [4.78, 5) is 16.2. The smallest absolute Gasteiger partial charge is 0.363 e. The van der Waals surface area contributed by atoms with E-state index in [0.29, 0.717) is 22.9 Å². The largest absolute Gasteiger partial charge is 0.489 e. The molecule has 4 rings (SSSR count). The van der Waals surface area contributed by atoms with Gasteiger partial charge in [0.25, 0.3) is 0 Å². The van der Waals surface area contributed by atoms with Gasteiger partial charge in [-0.1, -0.05) is 48.0 Å². The summed E-state index contributed by atoms with van der Waals surface area (Å²) in [6, 6.07) is 20.4. The number of carbonyl (C=O) groups is 1. The van der Waals surface area contributed by atoms with Crippen LogP contribution in [0.2, 0.25) is 5.02 Å². The van der Waals surface area contributed by atoms with Crippen molar-refractivity contribution < 1.29 is 18.7 Å². The first-order valence-corrected chi connectivity index (χ1v) is 9.21. The van der Waals surface area contributed by atoms with Crippen molar-refractivity contribution in [1.29, 1.82) is 0 Å². The van der Waals surface area contributed by atoms with Gasteiger partial charge in [-0.15, -0.1) is 0 Å². The van der Waals surface area contributed by atoms with Crippen molar-refractivity contribution in [3.8, 4) is 5.75 Å². The van der Waals surface area contributed by atoms with E-state index in [-0.39, 0.29) is 11.6 Å². The molecule has 0 radical (unpaired) electrons. The molecular formula is C23H15ClFNO3. The molecule has 144 valence electrons. The number of ether oxygens (including phenoxy) is 2. The number of benzene rings is 3. The lowest BCUT2D eigenvalue weighted by molar-refractivity contribution is -0.129. The first-order chi connectivity index (χ1) is 14.1. The van der Waals surface area contributed by atoms with Gasteiger partial charge in [-0.3, -0.25) is 0 Å². The Kier molecular flexibility index (Phi) is 5.40. The average molecular weight is 408 g/mol. The van der Waals surface area contributed by atoms with Crippen molar-refractivity contribution >= 4 is 29.5 Å². The Labute approximate surface area is 171 Å². The number of esters is 1. The van der Waals surface area contributed by atoms with Gasteiger partial charge in [-0.25, -0.2) is 14.2 Å². The Morgan fingerprint density at radius 2 is 1.83 bits per heavy atom. The van der Waals surface area contributed by atoms with Crippen LogP contribution in [0.1, 0.15) is 16.7 Å². The van der Waals surface area contributed by atoms with E-state index in [1.165, 1.54) is 18.2 Å². The number of cyclic esters (lactones) is 1. The molecule has 0 spiro atoms. The van der Waals surface area contributed by atoms with Gasteiger partial charge in [0.2, 0.25) is 5.90 Å². The summed E-state index contributed by atoms with van der Waals surface area (Å²) in [6.07, 6.45) is 1.60. The van der Waals surface area contributed by atoms with Crippen molar-refractivity contribution in [3.05, 3.63) is 106 Å². The Balaban J connectivity index is 1.47. The lowest BCUT2D eigenvalue weighted by Gasteiger charge is -2.07. The average Bonchev–Trinajstić information content (AvgIpc) is 3.09. The topological polar surface area (TPSA) is 47.9 Å². The van der Waals surface area contributed by atoms with Gasteiger partial charge in [0.05, 0.1) is 0 Å². The second-order valence-corrected chi connectivity index (χ2v) is 6.70. The molecule has 1 heterocycles. The summed E-state index contributed by atoms with van der Waals surface area (Å²) in [6.45, 7) is 0.355. The standard InChI is InChI=1S/C23H15ClFNO3/c24-20-7-2-1-4-17(20)14-28-19-10-8-15(9-11-19)12-21-23(27)29-22(26-21)16-5-3-6-18(25)13-16/h1-13H,14H2/b21-12+. The lowest BCUT2D eigenvalue weighted by atomic mass is 10.2. The molecule has 3 aromatic carbocycles. The maximum absolute atomic E-state index is 13.4. The Hall–Kier alpha value is -3.44. The van der Waals surface area contributed by atoms with Gasteiger partial charge in [0.15, 0.2) is 5.70 Å². The molecule has 0 aliphatic carbocycles. The van der Waals surface area contributed by atoms with Crippen LogP contribution in [0, 0.1) is 5.82 Å². The maximum Gasteiger partial charge on any atom is 0.363 e. The van der Waals surface area contributed by atoms with Gasteiger partial charge in [0, 0.05) is 16.1 Å². The molecular weight excluding hydrogens is 393 g/mol. The lowest BCUT2D eigenvalue weighted by Crippen LogP contribution is -2.05. The van der Waals surface area contributed by atoms with Crippen LogP contribution in [0.5, 0.6) is 5.75 Å². The van der Waals surface area contributed by atoms with Crippen LogP contribution < -0.4 is 4.74 Å². The highest BCUT2D eigenvalue weighted by atomic mass is 35.5. The second kappa shape index (κ2) is 8.29.